The summed E-state index contributed by atoms with van der Waals surface area (Å²) in [6.45, 7) is 5.68. The first kappa shape index (κ1) is 8.50. The maximum absolute atomic E-state index is 5.17. The average Bonchev–Trinajstić information content (AvgIpc) is 1.80. The molecule has 0 aliphatic carbocycles. The lowest BCUT2D eigenvalue weighted by atomic mass is 10.2. The summed E-state index contributed by atoms with van der Waals surface area (Å²) in [5.74, 6) is 0.608. The lowest BCUT2D eigenvalue weighted by Gasteiger charge is -2.02. The van der Waals surface area contributed by atoms with Gasteiger partial charge in [0.1, 0.15) is 0 Å². The summed E-state index contributed by atoms with van der Waals surface area (Å²) >= 11 is 0. The van der Waals surface area contributed by atoms with Crippen LogP contribution in [0.3, 0.4) is 0 Å². The molecule has 0 aromatic rings. The predicted octanol–water partition coefficient (Wildman–Crippen LogP) is 1.13. The second-order valence-corrected chi connectivity index (χ2v) is 2.36. The highest BCUT2D eigenvalue weighted by Gasteiger charge is 1.89. The standard InChI is InChI=1S/C7H15NO/c1-7(2)6-9-5-3-4-8/h3-4,7H,5-6,8H2,1-2H3. The second-order valence-electron chi connectivity index (χ2n) is 2.36. The maximum atomic E-state index is 5.17. The van der Waals surface area contributed by atoms with E-state index in [-0.39, 0.29) is 0 Å². The Balaban J connectivity index is 2.91. The van der Waals surface area contributed by atoms with Gasteiger partial charge in [0.15, 0.2) is 0 Å². The van der Waals surface area contributed by atoms with Crippen molar-refractivity contribution in [1.82, 2.24) is 0 Å². The highest BCUT2D eigenvalue weighted by Crippen LogP contribution is 1.91. The molecule has 9 heavy (non-hydrogen) atoms. The molecule has 54 valence electrons. The molecule has 2 heteroatoms. The normalized spacial score (nSPS) is 11.4. The van der Waals surface area contributed by atoms with E-state index in [0.29, 0.717) is 12.5 Å². The van der Waals surface area contributed by atoms with Gasteiger partial charge in [-0.1, -0.05) is 13.8 Å². The van der Waals surface area contributed by atoms with Gasteiger partial charge in [0, 0.05) is 6.61 Å². The molecule has 2 N–H and O–H groups in total. The van der Waals surface area contributed by atoms with Crippen LogP contribution in [0, 0.1) is 5.92 Å². The fourth-order valence-electron chi connectivity index (χ4n) is 0.427. The molecule has 0 aliphatic heterocycles. The van der Waals surface area contributed by atoms with Crippen molar-refractivity contribution in [3.05, 3.63) is 12.3 Å². The van der Waals surface area contributed by atoms with Crippen LogP contribution in [-0.4, -0.2) is 13.2 Å². The first-order chi connectivity index (χ1) is 4.27. The molecule has 0 atom stereocenters. The van der Waals surface area contributed by atoms with E-state index < -0.39 is 0 Å². The quantitative estimate of drug-likeness (QED) is 0.577. The summed E-state index contributed by atoms with van der Waals surface area (Å²) in [6.07, 6.45) is 3.29. The minimum atomic E-state index is 0.608. The highest BCUT2D eigenvalue weighted by atomic mass is 16.5. The lowest BCUT2D eigenvalue weighted by Crippen LogP contribution is -2.01. The van der Waals surface area contributed by atoms with E-state index in [1.165, 1.54) is 6.20 Å². The van der Waals surface area contributed by atoms with Crippen LogP contribution in [-0.2, 0) is 4.74 Å². The van der Waals surface area contributed by atoms with E-state index in [0.717, 1.165) is 6.61 Å². The van der Waals surface area contributed by atoms with Crippen molar-refractivity contribution < 1.29 is 4.74 Å². The average molecular weight is 129 g/mol. The highest BCUT2D eigenvalue weighted by molar-refractivity contribution is 4.74. The van der Waals surface area contributed by atoms with E-state index in [4.69, 9.17) is 10.5 Å². The number of rotatable bonds is 4. The zero-order chi connectivity index (χ0) is 7.11. The molecule has 0 saturated heterocycles. The largest absolute Gasteiger partial charge is 0.405 e. The van der Waals surface area contributed by atoms with Crippen LogP contribution >= 0.6 is 0 Å². The third kappa shape index (κ3) is 7.50. The third-order valence-corrected chi connectivity index (χ3v) is 0.801. The molecular formula is C7H15NO. The van der Waals surface area contributed by atoms with Crippen LogP contribution < -0.4 is 5.73 Å². The molecule has 0 rings (SSSR count). The van der Waals surface area contributed by atoms with Crippen molar-refractivity contribution in [3.63, 3.8) is 0 Å². The van der Waals surface area contributed by atoms with E-state index >= 15 is 0 Å². The molecule has 0 heterocycles. The van der Waals surface area contributed by atoms with Crippen molar-refractivity contribution in [2.75, 3.05) is 13.2 Å². The molecule has 0 saturated carbocycles. The Morgan fingerprint density at radius 3 is 2.67 bits per heavy atom. The Morgan fingerprint density at radius 1 is 1.56 bits per heavy atom. The van der Waals surface area contributed by atoms with Crippen molar-refractivity contribution in [1.29, 1.82) is 0 Å². The monoisotopic (exact) mass is 129 g/mol. The fourth-order valence-corrected chi connectivity index (χ4v) is 0.427. The Labute approximate surface area is 56.7 Å². The van der Waals surface area contributed by atoms with Gasteiger partial charge in [-0.05, 0) is 18.2 Å². The Hall–Kier alpha value is -0.500. The molecule has 0 unspecified atom stereocenters. The van der Waals surface area contributed by atoms with Gasteiger partial charge in [0.05, 0.1) is 6.61 Å². The van der Waals surface area contributed by atoms with Gasteiger partial charge in [-0.2, -0.15) is 0 Å². The van der Waals surface area contributed by atoms with Gasteiger partial charge in [-0.15, -0.1) is 0 Å². The van der Waals surface area contributed by atoms with Crippen LogP contribution in [0.5, 0.6) is 0 Å². The van der Waals surface area contributed by atoms with Gasteiger partial charge in [0.2, 0.25) is 0 Å². The van der Waals surface area contributed by atoms with Crippen LogP contribution in [0.2, 0.25) is 0 Å². The van der Waals surface area contributed by atoms with Crippen LogP contribution in [0.25, 0.3) is 0 Å². The number of nitrogens with two attached hydrogens (primary N) is 1. The molecule has 0 bridgehead atoms. The smallest absolute Gasteiger partial charge is 0.0664 e. The van der Waals surface area contributed by atoms with Gasteiger partial charge < -0.3 is 10.5 Å². The number of hydrogen-bond donors (Lipinski definition) is 1. The molecule has 0 amide bonds. The molecule has 0 radical (unpaired) electrons. The van der Waals surface area contributed by atoms with Crippen molar-refractivity contribution in [2.24, 2.45) is 11.7 Å². The minimum Gasteiger partial charge on any atom is -0.405 e. The number of hydrogen-bond acceptors (Lipinski definition) is 2. The van der Waals surface area contributed by atoms with E-state index in [1.807, 2.05) is 0 Å². The van der Waals surface area contributed by atoms with Crippen molar-refractivity contribution >= 4 is 0 Å². The third-order valence-electron chi connectivity index (χ3n) is 0.801. The number of ether oxygens (including phenoxy) is 1. The predicted molar refractivity (Wildman–Crippen MR) is 39.0 cm³/mol. The molecule has 2 nitrogen and oxygen atoms in total. The molecule has 0 fully saturated rings. The summed E-state index contributed by atoms with van der Waals surface area (Å²) in [7, 11) is 0. The summed E-state index contributed by atoms with van der Waals surface area (Å²) in [6, 6.07) is 0. The summed E-state index contributed by atoms with van der Waals surface area (Å²) in [4.78, 5) is 0. The van der Waals surface area contributed by atoms with Gasteiger partial charge in [-0.3, -0.25) is 0 Å². The Kier molecular flexibility index (Phi) is 5.32. The zero-order valence-electron chi connectivity index (χ0n) is 6.13. The fraction of sp³-hybridized carbons (Fsp3) is 0.714. The first-order valence-corrected chi connectivity index (χ1v) is 3.22. The van der Waals surface area contributed by atoms with Crippen molar-refractivity contribution in [3.8, 4) is 0 Å². The zero-order valence-corrected chi connectivity index (χ0v) is 6.13. The Bertz CT molecular complexity index is 79.0. The molecule has 0 aromatic heterocycles. The summed E-state index contributed by atoms with van der Waals surface area (Å²) in [5.41, 5.74) is 5.08. The van der Waals surface area contributed by atoms with Gasteiger partial charge in [0.25, 0.3) is 0 Å². The summed E-state index contributed by atoms with van der Waals surface area (Å²) in [5, 5.41) is 0. The van der Waals surface area contributed by atoms with E-state index in [1.54, 1.807) is 6.08 Å². The van der Waals surface area contributed by atoms with E-state index in [9.17, 15) is 0 Å². The van der Waals surface area contributed by atoms with Crippen LogP contribution in [0.1, 0.15) is 13.8 Å². The minimum absolute atomic E-state index is 0.608. The van der Waals surface area contributed by atoms with Crippen molar-refractivity contribution in [2.45, 2.75) is 13.8 Å². The van der Waals surface area contributed by atoms with Gasteiger partial charge in [-0.25, -0.2) is 0 Å². The van der Waals surface area contributed by atoms with E-state index in [2.05, 4.69) is 13.8 Å². The molecule has 0 spiro atoms. The maximum Gasteiger partial charge on any atom is 0.0664 e. The molecule has 0 aliphatic rings. The van der Waals surface area contributed by atoms with Crippen LogP contribution in [0.4, 0.5) is 0 Å². The molecular weight excluding hydrogens is 114 g/mol. The lowest BCUT2D eigenvalue weighted by molar-refractivity contribution is 0.135. The van der Waals surface area contributed by atoms with Gasteiger partial charge >= 0.3 is 0 Å². The second kappa shape index (κ2) is 5.63. The Morgan fingerprint density at radius 2 is 2.22 bits per heavy atom. The molecule has 0 aromatic carbocycles. The first-order valence-electron chi connectivity index (χ1n) is 3.22. The topological polar surface area (TPSA) is 35.2 Å². The van der Waals surface area contributed by atoms with Crippen LogP contribution in [0.15, 0.2) is 12.3 Å². The SMILES string of the molecule is CC(C)COCC=CN. The summed E-state index contributed by atoms with van der Waals surface area (Å²) < 4.78 is 5.17.